The lowest BCUT2D eigenvalue weighted by Crippen LogP contribution is -2.48. The SMILES string of the molecule is CCC(C)N(C)CCC(C)(N)C(=O)OC. The molecule has 0 aromatic heterocycles. The summed E-state index contributed by atoms with van der Waals surface area (Å²) in [5.74, 6) is -0.347. The van der Waals surface area contributed by atoms with Gasteiger partial charge in [0, 0.05) is 12.6 Å². The van der Waals surface area contributed by atoms with E-state index in [0.29, 0.717) is 12.5 Å². The standard InChI is InChI=1S/C11H24N2O2/c1-6-9(2)13(4)8-7-11(3,12)10(14)15-5/h9H,6-8,12H2,1-5H3. The normalized spacial score (nSPS) is 17.3. The zero-order chi connectivity index (χ0) is 12.1. The van der Waals surface area contributed by atoms with Crippen LogP contribution in [0.5, 0.6) is 0 Å². The molecule has 0 saturated carbocycles. The molecule has 0 fully saturated rings. The van der Waals surface area contributed by atoms with E-state index < -0.39 is 5.54 Å². The summed E-state index contributed by atoms with van der Waals surface area (Å²) in [6, 6.07) is 0.512. The summed E-state index contributed by atoms with van der Waals surface area (Å²) in [6.07, 6.45) is 1.70. The van der Waals surface area contributed by atoms with E-state index >= 15 is 0 Å². The van der Waals surface area contributed by atoms with E-state index in [1.165, 1.54) is 7.11 Å². The number of rotatable bonds is 6. The van der Waals surface area contributed by atoms with Crippen molar-refractivity contribution < 1.29 is 9.53 Å². The Kier molecular flexibility index (Phi) is 5.83. The van der Waals surface area contributed by atoms with Crippen LogP contribution in [-0.2, 0) is 9.53 Å². The zero-order valence-electron chi connectivity index (χ0n) is 10.5. The van der Waals surface area contributed by atoms with Crippen LogP contribution in [0.2, 0.25) is 0 Å². The number of methoxy groups -OCH3 is 1. The van der Waals surface area contributed by atoms with Gasteiger partial charge < -0.3 is 15.4 Å². The Balaban J connectivity index is 4.08. The quantitative estimate of drug-likeness (QED) is 0.673. The number of esters is 1. The van der Waals surface area contributed by atoms with Crippen LogP contribution in [0.4, 0.5) is 0 Å². The molecule has 0 aliphatic heterocycles. The van der Waals surface area contributed by atoms with Crippen molar-refractivity contribution in [1.82, 2.24) is 4.90 Å². The van der Waals surface area contributed by atoms with Gasteiger partial charge >= 0.3 is 5.97 Å². The smallest absolute Gasteiger partial charge is 0.325 e. The Morgan fingerprint density at radius 1 is 1.60 bits per heavy atom. The largest absolute Gasteiger partial charge is 0.468 e. The van der Waals surface area contributed by atoms with Crippen LogP contribution in [0.15, 0.2) is 0 Å². The lowest BCUT2D eigenvalue weighted by Gasteiger charge is -2.28. The summed E-state index contributed by atoms with van der Waals surface area (Å²) in [5, 5.41) is 0. The van der Waals surface area contributed by atoms with Crippen LogP contribution < -0.4 is 5.73 Å². The van der Waals surface area contributed by atoms with Gasteiger partial charge in [-0.15, -0.1) is 0 Å². The van der Waals surface area contributed by atoms with Crippen molar-refractivity contribution in [3.8, 4) is 0 Å². The van der Waals surface area contributed by atoms with E-state index in [1.807, 2.05) is 7.05 Å². The van der Waals surface area contributed by atoms with Crippen molar-refractivity contribution in [2.24, 2.45) is 5.73 Å². The van der Waals surface area contributed by atoms with Crippen LogP contribution in [0.25, 0.3) is 0 Å². The van der Waals surface area contributed by atoms with E-state index in [9.17, 15) is 4.79 Å². The Labute approximate surface area is 92.8 Å². The van der Waals surface area contributed by atoms with Gasteiger partial charge in [0.15, 0.2) is 0 Å². The fraction of sp³-hybridized carbons (Fsp3) is 0.909. The van der Waals surface area contributed by atoms with Gasteiger partial charge in [-0.05, 0) is 33.7 Å². The second-order valence-corrected chi connectivity index (χ2v) is 4.40. The average Bonchev–Trinajstić information content (AvgIpc) is 2.23. The predicted molar refractivity (Wildman–Crippen MR) is 61.6 cm³/mol. The van der Waals surface area contributed by atoms with Crippen molar-refractivity contribution in [3.05, 3.63) is 0 Å². The molecular weight excluding hydrogens is 192 g/mol. The summed E-state index contributed by atoms with van der Waals surface area (Å²) in [7, 11) is 3.41. The van der Waals surface area contributed by atoms with E-state index in [-0.39, 0.29) is 5.97 Å². The van der Waals surface area contributed by atoms with Crippen LogP contribution >= 0.6 is 0 Å². The summed E-state index contributed by atoms with van der Waals surface area (Å²) >= 11 is 0. The van der Waals surface area contributed by atoms with Crippen molar-refractivity contribution in [2.75, 3.05) is 20.7 Å². The van der Waals surface area contributed by atoms with Gasteiger partial charge in [-0.25, -0.2) is 0 Å². The highest BCUT2D eigenvalue weighted by atomic mass is 16.5. The molecule has 0 amide bonds. The number of nitrogens with zero attached hydrogens (tertiary/aromatic N) is 1. The Morgan fingerprint density at radius 3 is 2.53 bits per heavy atom. The number of hydrogen-bond acceptors (Lipinski definition) is 4. The predicted octanol–water partition coefficient (Wildman–Crippen LogP) is 0.997. The molecule has 0 aromatic carbocycles. The second kappa shape index (κ2) is 6.08. The van der Waals surface area contributed by atoms with Crippen molar-refractivity contribution >= 4 is 5.97 Å². The number of nitrogens with two attached hydrogens (primary N) is 1. The maximum atomic E-state index is 11.3. The van der Waals surface area contributed by atoms with Crippen LogP contribution in [0, 0.1) is 0 Å². The topological polar surface area (TPSA) is 55.6 Å². The minimum absolute atomic E-state index is 0.347. The molecule has 4 nitrogen and oxygen atoms in total. The van der Waals surface area contributed by atoms with Gasteiger partial charge in [0.05, 0.1) is 7.11 Å². The maximum absolute atomic E-state index is 11.3. The number of hydrogen-bond donors (Lipinski definition) is 1. The molecule has 0 heterocycles. The van der Waals surface area contributed by atoms with Crippen LogP contribution in [0.1, 0.15) is 33.6 Å². The molecule has 0 saturated heterocycles. The zero-order valence-corrected chi connectivity index (χ0v) is 10.5. The Morgan fingerprint density at radius 2 is 2.13 bits per heavy atom. The summed E-state index contributed by atoms with van der Waals surface area (Å²) in [4.78, 5) is 13.5. The number of carbonyl (C=O) groups excluding carboxylic acids is 1. The van der Waals surface area contributed by atoms with Gasteiger partial charge in [-0.3, -0.25) is 4.79 Å². The fourth-order valence-corrected chi connectivity index (χ4v) is 1.28. The third kappa shape index (κ3) is 4.62. The molecule has 15 heavy (non-hydrogen) atoms. The first-order valence-corrected chi connectivity index (χ1v) is 5.42. The van der Waals surface area contributed by atoms with Gasteiger partial charge in [-0.2, -0.15) is 0 Å². The van der Waals surface area contributed by atoms with Gasteiger partial charge in [-0.1, -0.05) is 6.92 Å². The minimum atomic E-state index is -0.879. The first-order chi connectivity index (χ1) is 6.85. The first-order valence-electron chi connectivity index (χ1n) is 5.42. The van der Waals surface area contributed by atoms with E-state index in [2.05, 4.69) is 23.5 Å². The Bertz CT molecular complexity index is 205. The maximum Gasteiger partial charge on any atom is 0.325 e. The number of ether oxygens (including phenoxy) is 1. The second-order valence-electron chi connectivity index (χ2n) is 4.40. The van der Waals surface area contributed by atoms with E-state index in [0.717, 1.165) is 13.0 Å². The monoisotopic (exact) mass is 216 g/mol. The average molecular weight is 216 g/mol. The Hall–Kier alpha value is -0.610. The number of carbonyl (C=O) groups is 1. The molecule has 0 spiro atoms. The van der Waals surface area contributed by atoms with Crippen molar-refractivity contribution in [1.29, 1.82) is 0 Å². The first kappa shape index (κ1) is 14.4. The molecule has 0 bridgehead atoms. The van der Waals surface area contributed by atoms with Gasteiger partial charge in [0.2, 0.25) is 0 Å². The van der Waals surface area contributed by atoms with Crippen LogP contribution in [0.3, 0.4) is 0 Å². The third-order valence-electron chi connectivity index (χ3n) is 2.98. The highest BCUT2D eigenvalue weighted by Gasteiger charge is 2.29. The highest BCUT2D eigenvalue weighted by Crippen LogP contribution is 2.10. The van der Waals surface area contributed by atoms with E-state index in [1.54, 1.807) is 6.92 Å². The fourth-order valence-electron chi connectivity index (χ4n) is 1.28. The molecule has 0 aromatic rings. The van der Waals surface area contributed by atoms with Gasteiger partial charge in [0.1, 0.15) is 5.54 Å². The van der Waals surface area contributed by atoms with Crippen molar-refractivity contribution in [2.45, 2.75) is 45.2 Å². The van der Waals surface area contributed by atoms with Crippen LogP contribution in [-0.4, -0.2) is 43.2 Å². The molecule has 90 valence electrons. The highest BCUT2D eigenvalue weighted by molar-refractivity contribution is 5.79. The van der Waals surface area contributed by atoms with Gasteiger partial charge in [0.25, 0.3) is 0 Å². The molecular formula is C11H24N2O2. The van der Waals surface area contributed by atoms with Crippen molar-refractivity contribution in [3.63, 3.8) is 0 Å². The minimum Gasteiger partial charge on any atom is -0.468 e. The lowest BCUT2D eigenvalue weighted by molar-refractivity contribution is -0.146. The van der Waals surface area contributed by atoms with E-state index in [4.69, 9.17) is 5.73 Å². The summed E-state index contributed by atoms with van der Waals surface area (Å²) < 4.78 is 4.65. The summed E-state index contributed by atoms with van der Waals surface area (Å²) in [5.41, 5.74) is 4.98. The molecule has 2 N–H and O–H groups in total. The molecule has 0 aliphatic carbocycles. The summed E-state index contributed by atoms with van der Waals surface area (Å²) in [6.45, 7) is 6.81. The molecule has 0 radical (unpaired) electrons. The molecule has 0 aliphatic rings. The molecule has 2 atom stereocenters. The third-order valence-corrected chi connectivity index (χ3v) is 2.98. The molecule has 2 unspecified atom stereocenters. The molecule has 0 rings (SSSR count). The lowest BCUT2D eigenvalue weighted by atomic mass is 9.99. The molecule has 4 heteroatoms.